The number of hydrogen-bond donors (Lipinski definition) is 2. The van der Waals surface area contributed by atoms with Gasteiger partial charge in [0.1, 0.15) is 0 Å². The van der Waals surface area contributed by atoms with Gasteiger partial charge in [0.05, 0.1) is 11.6 Å². The number of carbonyl (C=O) groups is 1. The van der Waals surface area contributed by atoms with Gasteiger partial charge in [0.15, 0.2) is 11.5 Å². The molecule has 6 heteroatoms. The van der Waals surface area contributed by atoms with E-state index in [1.807, 2.05) is 0 Å². The molecular weight excluding hydrogens is 220 g/mol. The molecule has 0 bridgehead atoms. The Bertz CT molecular complexity index is 572. The first-order chi connectivity index (χ1) is 8.24. The molecular formula is C11H12N4O2. The summed E-state index contributed by atoms with van der Waals surface area (Å²) in [6, 6.07) is 3.41. The van der Waals surface area contributed by atoms with Crippen molar-refractivity contribution in [2.75, 3.05) is 6.54 Å². The maximum atomic E-state index is 10.8. The van der Waals surface area contributed by atoms with E-state index < -0.39 is 5.97 Å². The topological polar surface area (TPSA) is 79.5 Å². The lowest BCUT2D eigenvalue weighted by molar-refractivity contribution is 0.0696. The Labute approximate surface area is 97.3 Å². The number of nitrogens with one attached hydrogen (secondary N) is 1. The lowest BCUT2D eigenvalue weighted by atomic mass is 10.2. The third-order valence-corrected chi connectivity index (χ3v) is 2.97. The van der Waals surface area contributed by atoms with Gasteiger partial charge in [-0.25, -0.2) is 14.3 Å². The second kappa shape index (κ2) is 3.81. The SMILES string of the molecule is O=C(O)c1ccc2nc(C3CCCN3)nn2c1. The lowest BCUT2D eigenvalue weighted by Crippen LogP contribution is -2.14. The van der Waals surface area contributed by atoms with Gasteiger partial charge < -0.3 is 10.4 Å². The molecule has 1 aliphatic heterocycles. The summed E-state index contributed by atoms with van der Waals surface area (Å²) in [5.74, 6) is -0.215. The fraction of sp³-hybridized carbons (Fsp3) is 0.364. The van der Waals surface area contributed by atoms with E-state index in [0.717, 1.165) is 25.2 Å². The average molecular weight is 232 g/mol. The fourth-order valence-corrected chi connectivity index (χ4v) is 2.08. The quantitative estimate of drug-likeness (QED) is 0.802. The minimum absolute atomic E-state index is 0.197. The molecule has 17 heavy (non-hydrogen) atoms. The van der Waals surface area contributed by atoms with Gasteiger partial charge >= 0.3 is 5.97 Å². The van der Waals surface area contributed by atoms with Crippen LogP contribution in [0, 0.1) is 0 Å². The number of nitrogens with zero attached hydrogens (tertiary/aromatic N) is 3. The summed E-state index contributed by atoms with van der Waals surface area (Å²) in [4.78, 5) is 15.2. The van der Waals surface area contributed by atoms with Gasteiger partial charge in [0.25, 0.3) is 0 Å². The molecule has 1 fully saturated rings. The maximum absolute atomic E-state index is 10.8. The standard InChI is InChI=1S/C11H12N4O2/c16-11(17)7-3-4-9-13-10(14-15(9)6-7)8-2-1-5-12-8/h3-4,6,8,12H,1-2,5H2,(H,16,17). The molecule has 0 radical (unpaired) electrons. The van der Waals surface area contributed by atoms with Gasteiger partial charge in [-0.15, -0.1) is 5.10 Å². The van der Waals surface area contributed by atoms with Gasteiger partial charge in [-0.2, -0.15) is 0 Å². The first-order valence-corrected chi connectivity index (χ1v) is 5.57. The highest BCUT2D eigenvalue weighted by Crippen LogP contribution is 2.20. The van der Waals surface area contributed by atoms with Crippen molar-refractivity contribution in [3.63, 3.8) is 0 Å². The van der Waals surface area contributed by atoms with Crippen molar-refractivity contribution in [2.45, 2.75) is 18.9 Å². The third kappa shape index (κ3) is 1.76. The van der Waals surface area contributed by atoms with Crippen LogP contribution in [0.3, 0.4) is 0 Å². The van der Waals surface area contributed by atoms with Gasteiger partial charge in [-0.3, -0.25) is 0 Å². The van der Waals surface area contributed by atoms with Gasteiger partial charge in [0.2, 0.25) is 0 Å². The molecule has 2 aromatic rings. The largest absolute Gasteiger partial charge is 0.478 e. The Kier molecular flexibility index (Phi) is 2.29. The van der Waals surface area contributed by atoms with E-state index in [0.29, 0.717) is 5.65 Å². The van der Waals surface area contributed by atoms with Gasteiger partial charge in [0, 0.05) is 6.20 Å². The zero-order valence-corrected chi connectivity index (χ0v) is 9.13. The summed E-state index contributed by atoms with van der Waals surface area (Å²) in [5, 5.41) is 16.5. The summed E-state index contributed by atoms with van der Waals surface area (Å²) in [6.07, 6.45) is 3.65. The van der Waals surface area contributed by atoms with Gasteiger partial charge in [-0.05, 0) is 31.5 Å². The molecule has 1 atom stereocenters. The first-order valence-electron chi connectivity index (χ1n) is 5.57. The van der Waals surface area contributed by atoms with E-state index >= 15 is 0 Å². The van der Waals surface area contributed by atoms with Crippen LogP contribution < -0.4 is 5.32 Å². The number of carboxylic acids is 1. The molecule has 3 heterocycles. The van der Waals surface area contributed by atoms with Crippen LogP contribution in [0.5, 0.6) is 0 Å². The molecule has 0 aromatic carbocycles. The molecule has 1 aliphatic rings. The van der Waals surface area contributed by atoms with E-state index in [2.05, 4.69) is 15.4 Å². The van der Waals surface area contributed by atoms with Crippen LogP contribution in [0.2, 0.25) is 0 Å². The number of hydrogen-bond acceptors (Lipinski definition) is 4. The average Bonchev–Trinajstić information content (AvgIpc) is 2.96. The number of carboxylic acid groups (broad SMARTS) is 1. The van der Waals surface area contributed by atoms with Crippen LogP contribution in [-0.2, 0) is 0 Å². The highest BCUT2D eigenvalue weighted by Gasteiger charge is 2.20. The number of aromatic nitrogens is 3. The Morgan fingerprint density at radius 3 is 3.12 bits per heavy atom. The molecule has 88 valence electrons. The van der Waals surface area contributed by atoms with Crippen molar-refractivity contribution < 1.29 is 9.90 Å². The van der Waals surface area contributed by atoms with E-state index in [4.69, 9.17) is 5.11 Å². The van der Waals surface area contributed by atoms with E-state index in [1.165, 1.54) is 16.8 Å². The zero-order chi connectivity index (χ0) is 11.8. The number of aromatic carboxylic acids is 1. The molecule has 3 rings (SSSR count). The van der Waals surface area contributed by atoms with Crippen LogP contribution in [0.1, 0.15) is 35.1 Å². The summed E-state index contributed by atoms with van der Waals surface area (Å²) >= 11 is 0. The Hall–Kier alpha value is -1.95. The maximum Gasteiger partial charge on any atom is 0.337 e. The summed E-state index contributed by atoms with van der Waals surface area (Å²) in [7, 11) is 0. The Morgan fingerprint density at radius 1 is 1.53 bits per heavy atom. The molecule has 0 spiro atoms. The molecule has 2 aromatic heterocycles. The smallest absolute Gasteiger partial charge is 0.337 e. The van der Waals surface area contributed by atoms with Crippen molar-refractivity contribution in [1.82, 2.24) is 19.9 Å². The summed E-state index contributed by atoms with van der Waals surface area (Å²) in [5.41, 5.74) is 0.895. The third-order valence-electron chi connectivity index (χ3n) is 2.97. The molecule has 0 aliphatic carbocycles. The zero-order valence-electron chi connectivity index (χ0n) is 9.13. The molecule has 2 N–H and O–H groups in total. The summed E-state index contributed by atoms with van der Waals surface area (Å²) in [6.45, 7) is 0.987. The highest BCUT2D eigenvalue weighted by atomic mass is 16.4. The molecule has 0 saturated carbocycles. The van der Waals surface area contributed by atoms with Crippen LogP contribution >= 0.6 is 0 Å². The van der Waals surface area contributed by atoms with E-state index in [1.54, 1.807) is 6.07 Å². The number of rotatable bonds is 2. The van der Waals surface area contributed by atoms with Crippen molar-refractivity contribution in [2.24, 2.45) is 0 Å². The monoisotopic (exact) mass is 232 g/mol. The predicted molar refractivity (Wildman–Crippen MR) is 59.9 cm³/mol. The normalized spacial score (nSPS) is 19.9. The second-order valence-corrected chi connectivity index (χ2v) is 4.14. The van der Waals surface area contributed by atoms with E-state index in [-0.39, 0.29) is 11.6 Å². The summed E-state index contributed by atoms with van der Waals surface area (Å²) < 4.78 is 1.53. The first kappa shape index (κ1) is 10.2. The fourth-order valence-electron chi connectivity index (χ4n) is 2.08. The number of fused-ring (bicyclic) bond motifs is 1. The van der Waals surface area contributed by atoms with Crippen LogP contribution in [-0.4, -0.2) is 32.2 Å². The minimum Gasteiger partial charge on any atom is -0.478 e. The van der Waals surface area contributed by atoms with Crippen molar-refractivity contribution >= 4 is 11.6 Å². The van der Waals surface area contributed by atoms with Crippen LogP contribution in [0.15, 0.2) is 18.3 Å². The molecule has 6 nitrogen and oxygen atoms in total. The lowest BCUT2D eigenvalue weighted by Gasteiger charge is -2.02. The molecule has 1 saturated heterocycles. The van der Waals surface area contributed by atoms with Crippen molar-refractivity contribution in [1.29, 1.82) is 0 Å². The minimum atomic E-state index is -0.956. The Morgan fingerprint density at radius 2 is 2.41 bits per heavy atom. The van der Waals surface area contributed by atoms with Gasteiger partial charge in [-0.1, -0.05) is 0 Å². The van der Waals surface area contributed by atoms with E-state index in [9.17, 15) is 4.79 Å². The highest BCUT2D eigenvalue weighted by molar-refractivity contribution is 5.87. The van der Waals surface area contributed by atoms with Crippen molar-refractivity contribution in [3.8, 4) is 0 Å². The molecule has 0 amide bonds. The number of pyridine rings is 1. The van der Waals surface area contributed by atoms with Crippen LogP contribution in [0.25, 0.3) is 5.65 Å². The van der Waals surface area contributed by atoms with Crippen LogP contribution in [0.4, 0.5) is 0 Å². The predicted octanol–water partition coefficient (Wildman–Crippen LogP) is 0.852. The second-order valence-electron chi connectivity index (χ2n) is 4.14. The Balaban J connectivity index is 2.03. The van der Waals surface area contributed by atoms with Crippen molar-refractivity contribution in [3.05, 3.63) is 29.7 Å². The molecule has 1 unspecified atom stereocenters.